The van der Waals surface area contributed by atoms with Gasteiger partial charge in [0.05, 0.1) is 10.7 Å². The zero-order chi connectivity index (χ0) is 20.8. The van der Waals surface area contributed by atoms with Crippen molar-refractivity contribution in [2.45, 2.75) is 51.6 Å². The second kappa shape index (κ2) is 10.5. The summed E-state index contributed by atoms with van der Waals surface area (Å²) in [6.45, 7) is 8.13. The predicted molar refractivity (Wildman–Crippen MR) is 122 cm³/mol. The molecule has 2 fully saturated rings. The third-order valence-electron chi connectivity index (χ3n) is 6.43. The van der Waals surface area contributed by atoms with Crippen LogP contribution in [0.5, 0.6) is 0 Å². The van der Waals surface area contributed by atoms with Crippen LogP contribution < -0.4 is 5.32 Å². The van der Waals surface area contributed by atoms with Gasteiger partial charge < -0.3 is 5.32 Å². The van der Waals surface area contributed by atoms with Crippen LogP contribution in [0.2, 0.25) is 0 Å². The first-order valence-electron chi connectivity index (χ1n) is 11.4. The Kier molecular flexibility index (Phi) is 7.52. The predicted octanol–water partition coefficient (Wildman–Crippen LogP) is 3.87. The number of hydrogen-bond donors (Lipinski definition) is 1. The largest absolute Gasteiger partial charge is 0.354 e. The van der Waals surface area contributed by atoms with Crippen LogP contribution in [-0.2, 0) is 17.8 Å². The van der Waals surface area contributed by atoms with Crippen molar-refractivity contribution in [3.8, 4) is 0 Å². The van der Waals surface area contributed by atoms with E-state index in [2.05, 4.69) is 39.6 Å². The summed E-state index contributed by atoms with van der Waals surface area (Å²) in [4.78, 5) is 22.7. The number of carbonyl (C=O) groups excluding carboxylic acids is 1. The van der Waals surface area contributed by atoms with Crippen molar-refractivity contribution in [3.63, 3.8) is 0 Å². The highest BCUT2D eigenvalue weighted by Gasteiger charge is 2.30. The summed E-state index contributed by atoms with van der Waals surface area (Å²) >= 11 is 1.77. The maximum Gasteiger partial charge on any atom is 0.241 e. The molecule has 30 heavy (non-hydrogen) atoms. The smallest absolute Gasteiger partial charge is 0.241 e. The Morgan fingerprint density at radius 1 is 1.17 bits per heavy atom. The first-order chi connectivity index (χ1) is 14.7. The lowest BCUT2D eigenvalue weighted by molar-refractivity contribution is -0.126. The molecule has 2 aliphatic heterocycles. The molecule has 1 atom stereocenters. The van der Waals surface area contributed by atoms with Crippen LogP contribution in [0.25, 0.3) is 0 Å². The number of rotatable bonds is 8. The molecular weight excluding hydrogens is 392 g/mol. The van der Waals surface area contributed by atoms with Crippen molar-refractivity contribution in [2.75, 3.05) is 32.7 Å². The second-order valence-corrected chi connectivity index (χ2v) is 9.55. The number of carbonyl (C=O) groups is 1. The number of likely N-dealkylation sites (tertiary alicyclic amines) is 2. The summed E-state index contributed by atoms with van der Waals surface area (Å²) in [5, 5.41) is 6.73. The van der Waals surface area contributed by atoms with Gasteiger partial charge >= 0.3 is 0 Å². The molecule has 0 saturated carbocycles. The average Bonchev–Trinajstić information content (AvgIpc) is 3.47. The Hall–Kier alpha value is -1.76. The van der Waals surface area contributed by atoms with Gasteiger partial charge in [-0.05, 0) is 69.8 Å². The Bertz CT molecular complexity index is 795. The molecule has 4 rings (SSSR count). The number of piperidine rings is 1. The lowest BCUT2D eigenvalue weighted by atomic mass is 9.96. The van der Waals surface area contributed by atoms with Gasteiger partial charge in [-0.3, -0.25) is 14.6 Å². The lowest BCUT2D eigenvalue weighted by Crippen LogP contribution is -2.43. The minimum Gasteiger partial charge on any atom is -0.354 e. The van der Waals surface area contributed by atoms with E-state index in [1.54, 1.807) is 11.3 Å². The topological polar surface area (TPSA) is 48.5 Å². The Morgan fingerprint density at radius 2 is 1.90 bits per heavy atom. The maximum absolute atomic E-state index is 13.1. The van der Waals surface area contributed by atoms with Crippen LogP contribution in [-0.4, -0.2) is 53.4 Å². The molecule has 2 aromatic rings. The standard InChI is InChI=1S/C24H34N4OS/c1-2-22-26-21(18-30-22)17-27-14-10-19(11-15-27)16-25-24(29)23(28-12-6-7-13-28)20-8-4-3-5-9-20/h3-5,8-9,18-19,23H,2,6-7,10-17H2,1H3,(H,25,29). The number of nitrogens with zero attached hydrogens (tertiary/aromatic N) is 3. The first-order valence-corrected chi connectivity index (χ1v) is 12.3. The van der Waals surface area contributed by atoms with Gasteiger partial charge in [-0.1, -0.05) is 37.3 Å². The molecule has 1 N–H and O–H groups in total. The normalized spacial score (nSPS) is 19.8. The first kappa shape index (κ1) is 21.5. The van der Waals surface area contributed by atoms with E-state index in [0.29, 0.717) is 5.92 Å². The molecule has 6 heteroatoms. The molecule has 0 radical (unpaired) electrons. The van der Waals surface area contributed by atoms with Crippen LogP contribution in [0.15, 0.2) is 35.7 Å². The molecule has 1 amide bonds. The number of aryl methyl sites for hydroxylation is 1. The van der Waals surface area contributed by atoms with E-state index in [4.69, 9.17) is 4.98 Å². The third-order valence-corrected chi connectivity index (χ3v) is 7.47. The summed E-state index contributed by atoms with van der Waals surface area (Å²) in [6, 6.07) is 10.1. The molecule has 1 aromatic carbocycles. The Balaban J connectivity index is 1.26. The molecule has 0 aliphatic carbocycles. The van der Waals surface area contributed by atoms with Crippen molar-refractivity contribution >= 4 is 17.2 Å². The minimum absolute atomic E-state index is 0.147. The molecule has 3 heterocycles. The van der Waals surface area contributed by atoms with Crippen LogP contribution in [0, 0.1) is 5.92 Å². The average molecular weight is 427 g/mol. The quantitative estimate of drug-likeness (QED) is 0.696. The van der Waals surface area contributed by atoms with Crippen molar-refractivity contribution in [3.05, 3.63) is 52.0 Å². The van der Waals surface area contributed by atoms with E-state index in [9.17, 15) is 4.79 Å². The third kappa shape index (κ3) is 5.48. The van der Waals surface area contributed by atoms with E-state index in [1.807, 2.05) is 18.2 Å². The van der Waals surface area contributed by atoms with Gasteiger partial charge in [-0.2, -0.15) is 0 Å². The minimum atomic E-state index is -0.147. The number of thiazole rings is 1. The van der Waals surface area contributed by atoms with Crippen LogP contribution in [0.3, 0.4) is 0 Å². The molecular formula is C24H34N4OS. The van der Waals surface area contributed by atoms with Gasteiger partial charge in [0.1, 0.15) is 6.04 Å². The lowest BCUT2D eigenvalue weighted by Gasteiger charge is -2.32. The molecule has 0 bridgehead atoms. The molecule has 0 spiro atoms. The SMILES string of the molecule is CCc1nc(CN2CCC(CNC(=O)C(c3ccccc3)N3CCCC3)CC2)cs1. The van der Waals surface area contributed by atoms with E-state index in [0.717, 1.165) is 64.1 Å². The Labute approximate surface area is 184 Å². The summed E-state index contributed by atoms with van der Waals surface area (Å²) in [7, 11) is 0. The molecule has 1 unspecified atom stereocenters. The van der Waals surface area contributed by atoms with Crippen molar-refractivity contribution in [1.82, 2.24) is 20.1 Å². The number of amides is 1. The molecule has 1 aromatic heterocycles. The Morgan fingerprint density at radius 3 is 2.57 bits per heavy atom. The second-order valence-electron chi connectivity index (χ2n) is 8.61. The summed E-state index contributed by atoms with van der Waals surface area (Å²) in [6.07, 6.45) is 5.69. The summed E-state index contributed by atoms with van der Waals surface area (Å²) < 4.78 is 0. The van der Waals surface area contributed by atoms with E-state index >= 15 is 0 Å². The zero-order valence-electron chi connectivity index (χ0n) is 18.1. The van der Waals surface area contributed by atoms with E-state index < -0.39 is 0 Å². The molecule has 2 saturated heterocycles. The number of benzene rings is 1. The fraction of sp³-hybridized carbons (Fsp3) is 0.583. The fourth-order valence-electron chi connectivity index (χ4n) is 4.67. The molecule has 5 nitrogen and oxygen atoms in total. The highest BCUT2D eigenvalue weighted by molar-refractivity contribution is 7.09. The summed E-state index contributed by atoms with van der Waals surface area (Å²) in [5.74, 6) is 0.738. The molecule has 162 valence electrons. The van der Waals surface area contributed by atoms with Crippen molar-refractivity contribution in [1.29, 1.82) is 0 Å². The van der Waals surface area contributed by atoms with Crippen LogP contribution >= 0.6 is 11.3 Å². The maximum atomic E-state index is 13.1. The zero-order valence-corrected chi connectivity index (χ0v) is 18.9. The van der Waals surface area contributed by atoms with Crippen molar-refractivity contribution < 1.29 is 4.79 Å². The monoisotopic (exact) mass is 426 g/mol. The van der Waals surface area contributed by atoms with Gasteiger partial charge in [0, 0.05) is 18.5 Å². The van der Waals surface area contributed by atoms with Crippen LogP contribution in [0.1, 0.15) is 54.9 Å². The van der Waals surface area contributed by atoms with Crippen LogP contribution in [0.4, 0.5) is 0 Å². The number of hydrogen-bond acceptors (Lipinski definition) is 5. The van der Waals surface area contributed by atoms with Gasteiger partial charge in [-0.25, -0.2) is 4.98 Å². The van der Waals surface area contributed by atoms with E-state index in [-0.39, 0.29) is 11.9 Å². The molecule has 2 aliphatic rings. The van der Waals surface area contributed by atoms with Gasteiger partial charge in [-0.15, -0.1) is 11.3 Å². The summed E-state index contributed by atoms with van der Waals surface area (Å²) in [5.41, 5.74) is 2.32. The van der Waals surface area contributed by atoms with Gasteiger partial charge in [0.2, 0.25) is 5.91 Å². The van der Waals surface area contributed by atoms with Gasteiger partial charge in [0.25, 0.3) is 0 Å². The highest BCUT2D eigenvalue weighted by Crippen LogP contribution is 2.26. The number of nitrogens with one attached hydrogen (secondary N) is 1. The number of aromatic nitrogens is 1. The van der Waals surface area contributed by atoms with Crippen molar-refractivity contribution in [2.24, 2.45) is 5.92 Å². The van der Waals surface area contributed by atoms with Gasteiger partial charge in [0.15, 0.2) is 0 Å². The fourth-order valence-corrected chi connectivity index (χ4v) is 5.40. The highest BCUT2D eigenvalue weighted by atomic mass is 32.1. The van der Waals surface area contributed by atoms with E-state index in [1.165, 1.54) is 23.5 Å².